The second-order valence-electron chi connectivity index (χ2n) is 7.81. The number of carbonyl (C=O) groups is 1. The summed E-state index contributed by atoms with van der Waals surface area (Å²) in [4.78, 5) is 18.5. The van der Waals surface area contributed by atoms with Gasteiger partial charge < -0.3 is 15.0 Å². The molecular weight excluding hydrogens is 338 g/mol. The van der Waals surface area contributed by atoms with E-state index in [1.165, 1.54) is 64.1 Å². The van der Waals surface area contributed by atoms with Crippen LogP contribution in [0.2, 0.25) is 0 Å². The lowest BCUT2D eigenvalue weighted by Gasteiger charge is -2.36. The van der Waals surface area contributed by atoms with Gasteiger partial charge in [-0.1, -0.05) is 19.3 Å². The van der Waals surface area contributed by atoms with Gasteiger partial charge in [0.05, 0.1) is 6.61 Å². The van der Waals surface area contributed by atoms with Crippen LogP contribution in [0.3, 0.4) is 0 Å². The predicted octanol–water partition coefficient (Wildman–Crippen LogP) is 4.11. The number of hydrogen-bond acceptors (Lipinski definition) is 5. The van der Waals surface area contributed by atoms with Crippen LogP contribution in [-0.2, 0) is 9.53 Å². The Bertz CT molecular complexity index is 608. The van der Waals surface area contributed by atoms with Crippen LogP contribution in [-0.4, -0.2) is 48.1 Å². The molecule has 5 nitrogen and oxygen atoms in total. The Balaban J connectivity index is 1.47. The van der Waals surface area contributed by atoms with Gasteiger partial charge in [-0.25, -0.2) is 9.78 Å². The van der Waals surface area contributed by atoms with E-state index in [0.29, 0.717) is 12.6 Å². The summed E-state index contributed by atoms with van der Waals surface area (Å²) >= 11 is 0. The molecule has 2 fully saturated rings. The lowest BCUT2D eigenvalue weighted by Crippen LogP contribution is -2.44. The van der Waals surface area contributed by atoms with E-state index >= 15 is 0 Å². The topological polar surface area (TPSA) is 54.5 Å². The molecule has 1 N–H and O–H groups in total. The van der Waals surface area contributed by atoms with Crippen molar-refractivity contribution in [3.05, 3.63) is 30.0 Å². The van der Waals surface area contributed by atoms with Gasteiger partial charge in [0.2, 0.25) is 0 Å². The second kappa shape index (κ2) is 10.5. The van der Waals surface area contributed by atoms with Gasteiger partial charge in [0.15, 0.2) is 0 Å². The van der Waals surface area contributed by atoms with Gasteiger partial charge in [0.1, 0.15) is 5.82 Å². The molecule has 2 aliphatic rings. The fourth-order valence-electron chi connectivity index (χ4n) is 4.23. The van der Waals surface area contributed by atoms with Crippen LogP contribution in [0.1, 0.15) is 57.4 Å². The highest BCUT2D eigenvalue weighted by Crippen LogP contribution is 2.26. The van der Waals surface area contributed by atoms with Gasteiger partial charge in [0, 0.05) is 31.4 Å². The molecule has 5 heteroatoms. The minimum absolute atomic E-state index is 0.319. The van der Waals surface area contributed by atoms with Crippen molar-refractivity contribution in [2.45, 2.75) is 57.9 Å². The molecule has 27 heavy (non-hydrogen) atoms. The quantitative estimate of drug-likeness (QED) is 0.577. The molecule has 1 aromatic heterocycles. The number of likely N-dealkylation sites (tertiary alicyclic amines) is 1. The molecular formula is C22H33N3O2. The van der Waals surface area contributed by atoms with Crippen molar-refractivity contribution in [2.75, 3.05) is 31.6 Å². The zero-order valence-electron chi connectivity index (χ0n) is 16.5. The van der Waals surface area contributed by atoms with E-state index in [-0.39, 0.29) is 5.97 Å². The molecule has 1 saturated heterocycles. The third-order valence-electron chi connectivity index (χ3n) is 5.58. The number of nitrogens with zero attached hydrogens (tertiary/aromatic N) is 2. The smallest absolute Gasteiger partial charge is 0.330 e. The Kier molecular flexibility index (Phi) is 7.69. The van der Waals surface area contributed by atoms with Crippen LogP contribution < -0.4 is 5.32 Å². The number of nitrogens with one attached hydrogen (secondary N) is 1. The maximum Gasteiger partial charge on any atom is 0.330 e. The average molecular weight is 372 g/mol. The Labute approximate surface area is 163 Å². The first-order chi connectivity index (χ1) is 13.2. The monoisotopic (exact) mass is 371 g/mol. The first-order valence-corrected chi connectivity index (χ1v) is 10.5. The second-order valence-corrected chi connectivity index (χ2v) is 7.81. The third-order valence-corrected chi connectivity index (χ3v) is 5.58. The van der Waals surface area contributed by atoms with Crippen molar-refractivity contribution >= 4 is 17.9 Å². The zero-order valence-corrected chi connectivity index (χ0v) is 16.5. The largest absolute Gasteiger partial charge is 0.463 e. The van der Waals surface area contributed by atoms with Crippen LogP contribution in [0, 0.1) is 5.92 Å². The Morgan fingerprint density at radius 2 is 2.11 bits per heavy atom. The van der Waals surface area contributed by atoms with E-state index in [1.54, 1.807) is 19.2 Å². The molecule has 0 bridgehead atoms. The number of ether oxygens (including phenoxy) is 1. The molecule has 0 unspecified atom stereocenters. The molecule has 0 amide bonds. The number of aromatic nitrogens is 1. The SMILES string of the molecule is CCOC(=O)C=Cc1ccc(N[C@@H]2CCCN(CC3CCCCC3)C2)nc1. The molecule has 0 aromatic carbocycles. The van der Waals surface area contributed by atoms with Crippen LogP contribution in [0.4, 0.5) is 5.82 Å². The van der Waals surface area contributed by atoms with Crippen LogP contribution >= 0.6 is 0 Å². The van der Waals surface area contributed by atoms with Crippen LogP contribution in [0.25, 0.3) is 6.08 Å². The van der Waals surface area contributed by atoms with E-state index < -0.39 is 0 Å². The van der Waals surface area contributed by atoms with Gasteiger partial charge in [-0.2, -0.15) is 0 Å². The van der Waals surface area contributed by atoms with Crippen molar-refractivity contribution in [3.63, 3.8) is 0 Å². The number of carbonyl (C=O) groups excluding carboxylic acids is 1. The number of pyridine rings is 1. The average Bonchev–Trinajstić information content (AvgIpc) is 2.69. The fourth-order valence-corrected chi connectivity index (χ4v) is 4.23. The van der Waals surface area contributed by atoms with E-state index in [1.807, 2.05) is 12.1 Å². The summed E-state index contributed by atoms with van der Waals surface area (Å²) in [5.74, 6) is 1.49. The number of piperidine rings is 1. The Morgan fingerprint density at radius 1 is 1.26 bits per heavy atom. The molecule has 2 heterocycles. The summed E-state index contributed by atoms with van der Waals surface area (Å²) < 4.78 is 4.89. The van der Waals surface area contributed by atoms with Crippen LogP contribution in [0.5, 0.6) is 0 Å². The summed E-state index contributed by atoms with van der Waals surface area (Å²) in [6.45, 7) is 5.81. The summed E-state index contributed by atoms with van der Waals surface area (Å²) in [7, 11) is 0. The highest BCUT2D eigenvalue weighted by Gasteiger charge is 2.23. The third kappa shape index (κ3) is 6.65. The maximum absolute atomic E-state index is 11.4. The molecule has 0 spiro atoms. The number of hydrogen-bond donors (Lipinski definition) is 1. The molecule has 0 radical (unpaired) electrons. The normalized spacial score (nSPS) is 22.0. The highest BCUT2D eigenvalue weighted by molar-refractivity contribution is 5.86. The summed E-state index contributed by atoms with van der Waals surface area (Å²) in [5.41, 5.74) is 0.899. The van der Waals surface area contributed by atoms with Crippen molar-refractivity contribution in [2.24, 2.45) is 5.92 Å². The summed E-state index contributed by atoms with van der Waals surface area (Å²) in [6, 6.07) is 4.44. The molecule has 1 atom stereocenters. The molecule has 1 aromatic rings. The predicted molar refractivity (Wildman–Crippen MR) is 110 cm³/mol. The number of esters is 1. The van der Waals surface area contributed by atoms with Gasteiger partial charge in [0.25, 0.3) is 0 Å². The van der Waals surface area contributed by atoms with Gasteiger partial charge >= 0.3 is 5.97 Å². The van der Waals surface area contributed by atoms with Crippen molar-refractivity contribution in [3.8, 4) is 0 Å². The summed E-state index contributed by atoms with van der Waals surface area (Å²) in [5, 5.41) is 3.59. The van der Waals surface area contributed by atoms with E-state index in [9.17, 15) is 4.79 Å². The molecule has 1 saturated carbocycles. The van der Waals surface area contributed by atoms with E-state index in [4.69, 9.17) is 4.74 Å². The lowest BCUT2D eigenvalue weighted by molar-refractivity contribution is -0.137. The first kappa shape index (κ1) is 19.9. The lowest BCUT2D eigenvalue weighted by atomic mass is 9.88. The summed E-state index contributed by atoms with van der Waals surface area (Å²) in [6.07, 6.45) is 14.5. The minimum atomic E-state index is -0.319. The fraction of sp³-hybridized carbons (Fsp3) is 0.636. The number of rotatable bonds is 7. The molecule has 1 aliphatic heterocycles. The van der Waals surface area contributed by atoms with Crippen molar-refractivity contribution in [1.29, 1.82) is 0 Å². The first-order valence-electron chi connectivity index (χ1n) is 10.5. The van der Waals surface area contributed by atoms with Gasteiger partial charge in [-0.3, -0.25) is 0 Å². The molecule has 3 rings (SSSR count). The van der Waals surface area contributed by atoms with E-state index in [0.717, 1.165) is 23.8 Å². The minimum Gasteiger partial charge on any atom is -0.463 e. The van der Waals surface area contributed by atoms with Gasteiger partial charge in [-0.15, -0.1) is 0 Å². The van der Waals surface area contributed by atoms with Crippen molar-refractivity contribution in [1.82, 2.24) is 9.88 Å². The van der Waals surface area contributed by atoms with Gasteiger partial charge in [-0.05, 0) is 68.8 Å². The maximum atomic E-state index is 11.4. The zero-order chi connectivity index (χ0) is 18.9. The molecule has 1 aliphatic carbocycles. The number of anilines is 1. The van der Waals surface area contributed by atoms with Crippen molar-refractivity contribution < 1.29 is 9.53 Å². The molecule has 148 valence electrons. The highest BCUT2D eigenvalue weighted by atomic mass is 16.5. The Hall–Kier alpha value is -1.88. The Morgan fingerprint density at radius 3 is 2.85 bits per heavy atom. The standard InChI is InChI=1S/C22H33N3O2/c1-2-27-22(26)13-11-18-10-12-21(23-15-18)24-20-9-6-14-25(17-20)16-19-7-4-3-5-8-19/h10-13,15,19-20H,2-9,14,16-17H2,1H3,(H,23,24)/t20-/m1/s1. The van der Waals surface area contributed by atoms with Crippen LogP contribution in [0.15, 0.2) is 24.4 Å². The van der Waals surface area contributed by atoms with E-state index in [2.05, 4.69) is 15.2 Å².